The first-order chi connectivity index (χ1) is 7.69. The number of halogens is 1. The molecule has 0 saturated carbocycles. The lowest BCUT2D eigenvalue weighted by molar-refractivity contribution is 0.282. The number of aryl methyl sites for hydroxylation is 1. The second-order valence-corrected chi connectivity index (χ2v) is 4.09. The maximum Gasteiger partial charge on any atom is 0.130 e. The van der Waals surface area contributed by atoms with Gasteiger partial charge in [-0.25, -0.2) is 4.98 Å². The normalized spacial score (nSPS) is 10.4. The van der Waals surface area contributed by atoms with E-state index in [-0.39, 0.29) is 6.61 Å². The number of benzene rings is 1. The Bertz CT molecular complexity index is 494. The van der Waals surface area contributed by atoms with Crippen LogP contribution in [0.2, 0.25) is 5.15 Å². The Morgan fingerprint density at radius 1 is 1.19 bits per heavy atom. The molecule has 0 radical (unpaired) electrons. The number of aromatic nitrogens is 1. The number of rotatable bonds is 2. The van der Waals surface area contributed by atoms with E-state index in [2.05, 4.69) is 4.98 Å². The third kappa shape index (κ3) is 2.40. The number of hydrogen-bond donors (Lipinski definition) is 1. The van der Waals surface area contributed by atoms with E-state index in [0.717, 1.165) is 16.8 Å². The molecule has 0 aliphatic heterocycles. The summed E-state index contributed by atoms with van der Waals surface area (Å²) in [5, 5.41) is 9.50. The summed E-state index contributed by atoms with van der Waals surface area (Å²) in [6, 6.07) is 11.5. The van der Waals surface area contributed by atoms with Gasteiger partial charge in [0.25, 0.3) is 0 Å². The van der Waals surface area contributed by atoms with Crippen molar-refractivity contribution in [2.75, 3.05) is 0 Å². The van der Waals surface area contributed by atoms with Gasteiger partial charge in [-0.3, -0.25) is 0 Å². The molecule has 2 nitrogen and oxygen atoms in total. The Kier molecular flexibility index (Phi) is 3.22. The molecule has 2 rings (SSSR count). The van der Waals surface area contributed by atoms with Gasteiger partial charge in [0.15, 0.2) is 0 Å². The van der Waals surface area contributed by atoms with Crippen molar-refractivity contribution in [3.63, 3.8) is 0 Å². The molecule has 1 heterocycles. The molecule has 2 aromatic rings. The Balaban J connectivity index is 2.47. The number of pyridine rings is 1. The van der Waals surface area contributed by atoms with Gasteiger partial charge in [-0.2, -0.15) is 0 Å². The van der Waals surface area contributed by atoms with E-state index in [1.807, 2.05) is 37.3 Å². The van der Waals surface area contributed by atoms with Crippen LogP contribution in [0.25, 0.3) is 11.3 Å². The molecule has 0 unspecified atom stereocenters. The van der Waals surface area contributed by atoms with Crippen molar-refractivity contribution in [1.82, 2.24) is 4.98 Å². The smallest absolute Gasteiger partial charge is 0.130 e. The monoisotopic (exact) mass is 233 g/mol. The van der Waals surface area contributed by atoms with Crippen LogP contribution < -0.4 is 0 Å². The van der Waals surface area contributed by atoms with E-state index >= 15 is 0 Å². The highest BCUT2D eigenvalue weighted by atomic mass is 35.5. The van der Waals surface area contributed by atoms with Crippen LogP contribution in [0.15, 0.2) is 36.4 Å². The van der Waals surface area contributed by atoms with Gasteiger partial charge in [0.1, 0.15) is 5.15 Å². The summed E-state index contributed by atoms with van der Waals surface area (Å²) >= 11 is 5.89. The summed E-state index contributed by atoms with van der Waals surface area (Å²) in [6.07, 6.45) is 0. The van der Waals surface area contributed by atoms with Crippen molar-refractivity contribution in [3.05, 3.63) is 52.7 Å². The summed E-state index contributed by atoms with van der Waals surface area (Å²) in [4.78, 5) is 4.24. The van der Waals surface area contributed by atoms with Crippen molar-refractivity contribution in [1.29, 1.82) is 0 Å². The largest absolute Gasteiger partial charge is 0.392 e. The molecule has 3 heteroatoms. The quantitative estimate of drug-likeness (QED) is 0.808. The molecule has 0 spiro atoms. The van der Waals surface area contributed by atoms with Crippen molar-refractivity contribution >= 4 is 11.6 Å². The van der Waals surface area contributed by atoms with Crippen LogP contribution in [0.5, 0.6) is 0 Å². The Morgan fingerprint density at radius 3 is 2.50 bits per heavy atom. The third-order valence-corrected chi connectivity index (χ3v) is 2.58. The summed E-state index contributed by atoms with van der Waals surface area (Å²) in [6.45, 7) is 2.01. The van der Waals surface area contributed by atoms with Crippen LogP contribution >= 0.6 is 11.6 Å². The minimum atomic E-state index is -0.0267. The molecule has 0 bridgehead atoms. The molecule has 1 N–H and O–H groups in total. The molecule has 0 fully saturated rings. The second kappa shape index (κ2) is 4.64. The van der Waals surface area contributed by atoms with Gasteiger partial charge in [-0.15, -0.1) is 0 Å². The SMILES string of the molecule is Cc1ccc(-c2cc(CO)cc(Cl)n2)cc1. The third-order valence-electron chi connectivity index (χ3n) is 2.38. The van der Waals surface area contributed by atoms with Gasteiger partial charge in [-0.05, 0) is 24.6 Å². The first-order valence-electron chi connectivity index (χ1n) is 5.03. The van der Waals surface area contributed by atoms with Crippen molar-refractivity contribution in [3.8, 4) is 11.3 Å². The predicted octanol–water partition coefficient (Wildman–Crippen LogP) is 3.20. The maximum absolute atomic E-state index is 9.09. The van der Waals surface area contributed by atoms with Crippen molar-refractivity contribution < 1.29 is 5.11 Å². The standard InChI is InChI=1S/C13H12ClNO/c1-9-2-4-11(5-3-9)12-6-10(8-16)7-13(14)15-12/h2-7,16H,8H2,1H3. The molecule has 0 aliphatic carbocycles. The zero-order valence-corrected chi connectivity index (χ0v) is 9.70. The Morgan fingerprint density at radius 2 is 1.88 bits per heavy atom. The van der Waals surface area contributed by atoms with Gasteiger partial charge in [-0.1, -0.05) is 41.4 Å². The lowest BCUT2D eigenvalue weighted by atomic mass is 10.1. The van der Waals surface area contributed by atoms with E-state index in [0.29, 0.717) is 5.15 Å². The minimum Gasteiger partial charge on any atom is -0.392 e. The minimum absolute atomic E-state index is 0.0267. The summed E-state index contributed by atoms with van der Waals surface area (Å²) in [5.74, 6) is 0. The molecule has 1 aromatic heterocycles. The Hall–Kier alpha value is -1.38. The zero-order valence-electron chi connectivity index (χ0n) is 8.94. The molecule has 16 heavy (non-hydrogen) atoms. The topological polar surface area (TPSA) is 33.1 Å². The van der Waals surface area contributed by atoms with E-state index in [1.54, 1.807) is 6.07 Å². The molecular weight excluding hydrogens is 222 g/mol. The van der Waals surface area contributed by atoms with Crippen LogP contribution in [0, 0.1) is 6.92 Å². The highest BCUT2D eigenvalue weighted by Gasteiger charge is 2.03. The first kappa shape index (κ1) is 11.1. The number of hydrogen-bond acceptors (Lipinski definition) is 2. The fourth-order valence-electron chi connectivity index (χ4n) is 1.51. The van der Waals surface area contributed by atoms with Crippen molar-refractivity contribution in [2.24, 2.45) is 0 Å². The number of nitrogens with zero attached hydrogens (tertiary/aromatic N) is 1. The maximum atomic E-state index is 9.09. The fraction of sp³-hybridized carbons (Fsp3) is 0.154. The average Bonchev–Trinajstić information content (AvgIpc) is 2.29. The van der Waals surface area contributed by atoms with E-state index < -0.39 is 0 Å². The molecule has 0 amide bonds. The molecule has 0 saturated heterocycles. The van der Waals surface area contributed by atoms with Crippen LogP contribution in [-0.4, -0.2) is 10.1 Å². The molecule has 82 valence electrons. The van der Waals surface area contributed by atoms with Crippen LogP contribution in [-0.2, 0) is 6.61 Å². The highest BCUT2D eigenvalue weighted by molar-refractivity contribution is 6.29. The summed E-state index contributed by atoms with van der Waals surface area (Å²) in [5.41, 5.74) is 3.77. The lowest BCUT2D eigenvalue weighted by Crippen LogP contribution is -1.90. The predicted molar refractivity (Wildman–Crippen MR) is 65.3 cm³/mol. The van der Waals surface area contributed by atoms with Gasteiger partial charge in [0.05, 0.1) is 12.3 Å². The molecule has 1 aromatic carbocycles. The van der Waals surface area contributed by atoms with Crippen LogP contribution in [0.4, 0.5) is 0 Å². The van der Waals surface area contributed by atoms with E-state index in [9.17, 15) is 0 Å². The van der Waals surface area contributed by atoms with Crippen molar-refractivity contribution in [2.45, 2.75) is 13.5 Å². The van der Waals surface area contributed by atoms with Gasteiger partial charge in [0, 0.05) is 5.56 Å². The van der Waals surface area contributed by atoms with Gasteiger partial charge >= 0.3 is 0 Å². The van der Waals surface area contributed by atoms with E-state index in [4.69, 9.17) is 16.7 Å². The summed E-state index contributed by atoms with van der Waals surface area (Å²) in [7, 11) is 0. The lowest BCUT2D eigenvalue weighted by Gasteiger charge is -2.04. The average molecular weight is 234 g/mol. The number of aliphatic hydroxyl groups excluding tert-OH is 1. The molecule has 0 aliphatic rings. The summed E-state index contributed by atoms with van der Waals surface area (Å²) < 4.78 is 0. The van der Waals surface area contributed by atoms with Crippen LogP contribution in [0.3, 0.4) is 0 Å². The molecular formula is C13H12ClNO. The zero-order chi connectivity index (χ0) is 11.5. The first-order valence-corrected chi connectivity index (χ1v) is 5.41. The second-order valence-electron chi connectivity index (χ2n) is 3.71. The van der Waals surface area contributed by atoms with Gasteiger partial charge < -0.3 is 5.11 Å². The van der Waals surface area contributed by atoms with Gasteiger partial charge in [0.2, 0.25) is 0 Å². The van der Waals surface area contributed by atoms with E-state index in [1.165, 1.54) is 5.56 Å². The fourth-order valence-corrected chi connectivity index (χ4v) is 1.74. The molecule has 0 atom stereocenters. The number of aliphatic hydroxyl groups is 1. The Labute approximate surface area is 99.5 Å². The van der Waals surface area contributed by atoms with Crippen LogP contribution in [0.1, 0.15) is 11.1 Å². The highest BCUT2D eigenvalue weighted by Crippen LogP contribution is 2.21.